The molecule has 2 fully saturated rings. The first kappa shape index (κ1) is 12.3. The van der Waals surface area contributed by atoms with E-state index in [1.807, 2.05) is 0 Å². The molecule has 0 unspecified atom stereocenters. The van der Waals surface area contributed by atoms with Crippen molar-refractivity contribution >= 4 is 0 Å². The van der Waals surface area contributed by atoms with E-state index in [9.17, 15) is 0 Å². The van der Waals surface area contributed by atoms with Crippen molar-refractivity contribution in [2.45, 2.75) is 38.1 Å². The van der Waals surface area contributed by atoms with E-state index in [0.717, 1.165) is 25.1 Å². The number of nitrogens with zero attached hydrogens (tertiary/aromatic N) is 1. The number of hydrogen-bond acceptors (Lipinski definition) is 3. The highest BCUT2D eigenvalue weighted by Crippen LogP contribution is 2.30. The molecule has 16 heavy (non-hydrogen) atoms. The number of nitrogens with one attached hydrogen (secondary N) is 1. The third-order valence-electron chi connectivity index (χ3n) is 4.12. The predicted molar refractivity (Wildman–Crippen MR) is 66.7 cm³/mol. The second-order valence-corrected chi connectivity index (χ2v) is 5.20. The van der Waals surface area contributed by atoms with E-state index in [0.29, 0.717) is 0 Å². The average molecular weight is 226 g/mol. The van der Waals surface area contributed by atoms with E-state index in [2.05, 4.69) is 10.2 Å². The van der Waals surface area contributed by atoms with Gasteiger partial charge in [0.1, 0.15) is 0 Å². The molecule has 3 heteroatoms. The van der Waals surface area contributed by atoms with Crippen LogP contribution in [0, 0.1) is 5.92 Å². The molecule has 3 nitrogen and oxygen atoms in total. The van der Waals surface area contributed by atoms with Crippen molar-refractivity contribution in [1.82, 2.24) is 10.2 Å². The molecule has 0 aromatic rings. The van der Waals surface area contributed by atoms with Crippen LogP contribution in [0.2, 0.25) is 0 Å². The minimum Gasteiger partial charge on any atom is -0.383 e. The number of piperidine rings is 2. The van der Waals surface area contributed by atoms with Gasteiger partial charge in [0, 0.05) is 19.7 Å². The van der Waals surface area contributed by atoms with Crippen LogP contribution in [0.15, 0.2) is 0 Å². The molecule has 2 rings (SSSR count). The number of ether oxygens (including phenoxy) is 1. The summed E-state index contributed by atoms with van der Waals surface area (Å²) in [4.78, 5) is 2.73. The van der Waals surface area contributed by atoms with E-state index in [1.54, 1.807) is 7.11 Å². The first-order valence-electron chi connectivity index (χ1n) is 6.85. The largest absolute Gasteiger partial charge is 0.383 e. The fraction of sp³-hybridized carbons (Fsp3) is 1.00. The van der Waals surface area contributed by atoms with E-state index < -0.39 is 0 Å². The standard InChI is InChI=1S/C13H26N2O/c1-16-10-7-14-11-12-5-4-9-15-8-3-2-6-13(12)15/h12-14H,2-11H2,1H3/t12-,13-/m0/s1. The molecule has 94 valence electrons. The van der Waals surface area contributed by atoms with Gasteiger partial charge in [-0.2, -0.15) is 0 Å². The summed E-state index contributed by atoms with van der Waals surface area (Å²) in [6, 6.07) is 0.873. The molecule has 2 atom stereocenters. The van der Waals surface area contributed by atoms with Crippen LogP contribution in [0.5, 0.6) is 0 Å². The minimum absolute atomic E-state index is 0.834. The summed E-state index contributed by atoms with van der Waals surface area (Å²) < 4.78 is 5.06. The van der Waals surface area contributed by atoms with Gasteiger partial charge in [0.2, 0.25) is 0 Å². The van der Waals surface area contributed by atoms with Crippen LogP contribution in [-0.4, -0.2) is 50.8 Å². The predicted octanol–water partition coefficient (Wildman–Crippen LogP) is 1.49. The smallest absolute Gasteiger partial charge is 0.0587 e. The monoisotopic (exact) mass is 226 g/mol. The molecular weight excluding hydrogens is 200 g/mol. The van der Waals surface area contributed by atoms with Gasteiger partial charge in [-0.3, -0.25) is 0 Å². The molecule has 0 spiro atoms. The molecule has 2 aliphatic heterocycles. The van der Waals surface area contributed by atoms with Crippen molar-refractivity contribution in [2.75, 3.05) is 39.9 Å². The van der Waals surface area contributed by atoms with Crippen LogP contribution in [0.4, 0.5) is 0 Å². The SMILES string of the molecule is COCCNC[C@@H]1CCCN2CCCC[C@@H]12. The molecule has 2 aliphatic rings. The zero-order valence-electron chi connectivity index (χ0n) is 10.6. The number of fused-ring (bicyclic) bond motifs is 1. The number of hydrogen-bond donors (Lipinski definition) is 1. The van der Waals surface area contributed by atoms with Crippen LogP contribution in [-0.2, 0) is 4.74 Å². The van der Waals surface area contributed by atoms with Crippen LogP contribution in [0.1, 0.15) is 32.1 Å². The maximum Gasteiger partial charge on any atom is 0.0587 e. The van der Waals surface area contributed by atoms with Crippen LogP contribution in [0.3, 0.4) is 0 Å². The maximum absolute atomic E-state index is 5.06. The molecule has 0 radical (unpaired) electrons. The van der Waals surface area contributed by atoms with Gasteiger partial charge in [-0.05, 0) is 51.2 Å². The number of rotatable bonds is 5. The zero-order chi connectivity index (χ0) is 11.2. The van der Waals surface area contributed by atoms with E-state index >= 15 is 0 Å². The summed E-state index contributed by atoms with van der Waals surface area (Å²) in [5, 5.41) is 3.54. The molecule has 0 saturated carbocycles. The van der Waals surface area contributed by atoms with Crippen LogP contribution in [0.25, 0.3) is 0 Å². The second kappa shape index (κ2) is 6.58. The third kappa shape index (κ3) is 3.19. The Hall–Kier alpha value is -0.120. The van der Waals surface area contributed by atoms with Gasteiger partial charge < -0.3 is 15.0 Å². The van der Waals surface area contributed by atoms with Gasteiger partial charge in [-0.15, -0.1) is 0 Å². The van der Waals surface area contributed by atoms with Gasteiger partial charge in [0.25, 0.3) is 0 Å². The summed E-state index contributed by atoms with van der Waals surface area (Å²) in [6.45, 7) is 5.71. The first-order valence-corrected chi connectivity index (χ1v) is 6.85. The Bertz CT molecular complexity index is 196. The Kier molecular flexibility index (Phi) is 5.07. The Labute approximate surface area is 99.5 Å². The van der Waals surface area contributed by atoms with Crippen molar-refractivity contribution in [1.29, 1.82) is 0 Å². The summed E-state index contributed by atoms with van der Waals surface area (Å²) in [5.74, 6) is 0.880. The fourth-order valence-electron chi connectivity index (χ4n) is 3.28. The maximum atomic E-state index is 5.06. The highest BCUT2D eigenvalue weighted by atomic mass is 16.5. The van der Waals surface area contributed by atoms with Gasteiger partial charge in [-0.25, -0.2) is 0 Å². The summed E-state index contributed by atoms with van der Waals surface area (Å²) in [5.41, 5.74) is 0. The van der Waals surface area contributed by atoms with Crippen LogP contribution >= 0.6 is 0 Å². The van der Waals surface area contributed by atoms with Crippen molar-refractivity contribution in [3.05, 3.63) is 0 Å². The lowest BCUT2D eigenvalue weighted by molar-refractivity contribution is 0.0586. The number of methoxy groups -OCH3 is 1. The van der Waals surface area contributed by atoms with Crippen molar-refractivity contribution in [2.24, 2.45) is 5.92 Å². The van der Waals surface area contributed by atoms with Crippen molar-refractivity contribution in [3.63, 3.8) is 0 Å². The Balaban J connectivity index is 1.74. The second-order valence-electron chi connectivity index (χ2n) is 5.20. The Morgan fingerprint density at radius 2 is 2.06 bits per heavy atom. The Morgan fingerprint density at radius 1 is 1.19 bits per heavy atom. The Morgan fingerprint density at radius 3 is 2.94 bits per heavy atom. The molecular formula is C13H26N2O. The molecule has 0 aromatic heterocycles. The lowest BCUT2D eigenvalue weighted by Gasteiger charge is -2.44. The van der Waals surface area contributed by atoms with Crippen molar-refractivity contribution in [3.8, 4) is 0 Å². The highest BCUT2D eigenvalue weighted by molar-refractivity contribution is 4.87. The molecule has 0 aliphatic carbocycles. The molecule has 0 bridgehead atoms. The summed E-state index contributed by atoms with van der Waals surface area (Å²) in [6.07, 6.45) is 7.10. The molecule has 1 N–H and O–H groups in total. The average Bonchev–Trinajstić information content (AvgIpc) is 2.35. The highest BCUT2D eigenvalue weighted by Gasteiger charge is 2.32. The molecule has 2 heterocycles. The van der Waals surface area contributed by atoms with Gasteiger partial charge >= 0.3 is 0 Å². The first-order chi connectivity index (χ1) is 7.92. The minimum atomic E-state index is 0.834. The molecule has 2 saturated heterocycles. The lowest BCUT2D eigenvalue weighted by atomic mass is 9.83. The molecule has 0 aromatic carbocycles. The van der Waals surface area contributed by atoms with Gasteiger partial charge in [0.15, 0.2) is 0 Å². The third-order valence-corrected chi connectivity index (χ3v) is 4.12. The van der Waals surface area contributed by atoms with Crippen LogP contribution < -0.4 is 5.32 Å². The normalized spacial score (nSPS) is 31.3. The molecule has 0 amide bonds. The topological polar surface area (TPSA) is 24.5 Å². The van der Waals surface area contributed by atoms with Crippen molar-refractivity contribution < 1.29 is 4.74 Å². The van der Waals surface area contributed by atoms with E-state index in [1.165, 1.54) is 51.7 Å². The lowest BCUT2D eigenvalue weighted by Crippen LogP contribution is -2.50. The summed E-state index contributed by atoms with van der Waals surface area (Å²) in [7, 11) is 1.77. The van der Waals surface area contributed by atoms with Gasteiger partial charge in [0.05, 0.1) is 6.61 Å². The van der Waals surface area contributed by atoms with Gasteiger partial charge in [-0.1, -0.05) is 6.42 Å². The zero-order valence-corrected chi connectivity index (χ0v) is 10.6. The van der Waals surface area contributed by atoms with E-state index in [4.69, 9.17) is 4.74 Å². The summed E-state index contributed by atoms with van der Waals surface area (Å²) >= 11 is 0. The quantitative estimate of drug-likeness (QED) is 0.719. The van der Waals surface area contributed by atoms with E-state index in [-0.39, 0.29) is 0 Å². The fourth-order valence-corrected chi connectivity index (χ4v) is 3.28.